The Hall–Kier alpha value is -6.90. The zero-order chi connectivity index (χ0) is 35.9. The van der Waals surface area contributed by atoms with Gasteiger partial charge in [-0.1, -0.05) is 153 Å². The molecule has 0 N–H and O–H groups in total. The van der Waals surface area contributed by atoms with Gasteiger partial charge in [-0.2, -0.15) is 0 Å². The molecule has 2 aromatic heterocycles. The molecule has 11 rings (SSSR count). The first kappa shape index (κ1) is 30.7. The van der Waals surface area contributed by atoms with Gasteiger partial charge in [-0.3, -0.25) is 0 Å². The van der Waals surface area contributed by atoms with Crippen LogP contribution in [0, 0.1) is 11.8 Å². The predicted molar refractivity (Wildman–Crippen MR) is 229 cm³/mol. The van der Waals surface area contributed by atoms with Crippen LogP contribution in [0.3, 0.4) is 0 Å². The Morgan fingerprint density at radius 1 is 0.593 bits per heavy atom. The van der Waals surface area contributed by atoms with Gasteiger partial charge in [0.15, 0.2) is 0 Å². The van der Waals surface area contributed by atoms with Crippen LogP contribution < -0.4 is 0 Å². The summed E-state index contributed by atoms with van der Waals surface area (Å²) in [6, 6.07) is 41.0. The number of rotatable bonds is 5. The smallest absolute Gasteiger partial charge is 0.144 e. The average molecular weight is 691 g/mol. The lowest BCUT2D eigenvalue weighted by atomic mass is 9.75. The van der Waals surface area contributed by atoms with E-state index in [1.807, 2.05) is 18.2 Å². The van der Waals surface area contributed by atoms with E-state index in [2.05, 4.69) is 158 Å². The normalized spacial score (nSPS) is 17.0. The van der Waals surface area contributed by atoms with Crippen LogP contribution >= 0.6 is 0 Å². The minimum absolute atomic E-state index is 0.189. The number of benzene rings is 7. The van der Waals surface area contributed by atoms with Gasteiger partial charge in [-0.05, 0) is 90.7 Å². The summed E-state index contributed by atoms with van der Waals surface area (Å²) < 4.78 is 13.0. The third kappa shape index (κ3) is 4.47. The molecule has 0 bridgehead atoms. The molecule has 2 unspecified atom stereocenters. The number of furan rings is 2. The molecule has 7 aromatic carbocycles. The van der Waals surface area contributed by atoms with Crippen LogP contribution in [0.5, 0.6) is 0 Å². The average Bonchev–Trinajstić information content (AvgIpc) is 3.80. The standard InChI is InChI=1S/C52H34O2/c1-3-32(36-21-12-14-33-13-4-5-15-37(33)36)29-31(2)48-38-16-6-8-18-40(38)49(41-19-9-7-17-39(41)48)35-25-27-46-44(30-35)42-26-23-34-24-28-47-51(50(34)52(42)54-46)43-20-10-11-22-45(43)53-47/h3-30,36-37H,1-2H2/b32-29+. The Balaban J connectivity index is 1.11. The van der Waals surface area contributed by atoms with E-state index in [-0.39, 0.29) is 11.8 Å². The third-order valence-corrected chi connectivity index (χ3v) is 11.6. The highest BCUT2D eigenvalue weighted by atomic mass is 16.3. The van der Waals surface area contributed by atoms with E-state index in [1.54, 1.807) is 0 Å². The second-order valence-electron chi connectivity index (χ2n) is 14.5. The molecule has 2 nitrogen and oxygen atoms in total. The lowest BCUT2D eigenvalue weighted by molar-refractivity contribution is 0.619. The summed E-state index contributed by atoms with van der Waals surface area (Å²) >= 11 is 0. The van der Waals surface area contributed by atoms with Crippen molar-refractivity contribution in [2.45, 2.75) is 0 Å². The first-order chi connectivity index (χ1) is 26.7. The van der Waals surface area contributed by atoms with Gasteiger partial charge >= 0.3 is 0 Å². The maximum Gasteiger partial charge on any atom is 0.144 e. The van der Waals surface area contributed by atoms with Crippen molar-refractivity contribution < 1.29 is 8.83 Å². The number of fused-ring (bicyclic) bond motifs is 12. The van der Waals surface area contributed by atoms with Crippen LogP contribution in [-0.4, -0.2) is 0 Å². The summed E-state index contributed by atoms with van der Waals surface area (Å²) in [5.74, 6) is 0.471. The van der Waals surface area contributed by atoms with Crippen LogP contribution in [-0.2, 0) is 0 Å². The zero-order valence-corrected chi connectivity index (χ0v) is 29.6. The molecule has 0 saturated carbocycles. The fourth-order valence-electron chi connectivity index (χ4n) is 9.15. The fourth-order valence-corrected chi connectivity index (χ4v) is 9.15. The molecule has 254 valence electrons. The van der Waals surface area contributed by atoms with Crippen molar-refractivity contribution >= 4 is 81.8 Å². The summed E-state index contributed by atoms with van der Waals surface area (Å²) in [6.07, 6.45) is 19.7. The van der Waals surface area contributed by atoms with Crippen LogP contribution in [0.25, 0.3) is 92.9 Å². The minimum atomic E-state index is 0.189. The molecule has 0 amide bonds. The Bertz CT molecular complexity index is 3200. The highest BCUT2D eigenvalue weighted by Crippen LogP contribution is 2.46. The van der Waals surface area contributed by atoms with Crippen LogP contribution in [0.1, 0.15) is 5.56 Å². The van der Waals surface area contributed by atoms with Crippen molar-refractivity contribution in [3.05, 3.63) is 200 Å². The fraction of sp³-hybridized carbons (Fsp3) is 0.0385. The van der Waals surface area contributed by atoms with Gasteiger partial charge in [0.2, 0.25) is 0 Å². The van der Waals surface area contributed by atoms with Gasteiger partial charge in [-0.15, -0.1) is 0 Å². The maximum absolute atomic E-state index is 6.76. The van der Waals surface area contributed by atoms with E-state index in [0.29, 0.717) is 0 Å². The molecule has 54 heavy (non-hydrogen) atoms. The van der Waals surface area contributed by atoms with Crippen molar-refractivity contribution in [2.24, 2.45) is 11.8 Å². The molecule has 0 aliphatic heterocycles. The molecular formula is C52H34O2. The Morgan fingerprint density at radius 2 is 1.30 bits per heavy atom. The largest absolute Gasteiger partial charge is 0.456 e. The van der Waals surface area contributed by atoms with Gasteiger partial charge in [-0.25, -0.2) is 0 Å². The molecular weight excluding hydrogens is 657 g/mol. The van der Waals surface area contributed by atoms with Gasteiger partial charge in [0.05, 0.1) is 0 Å². The summed E-state index contributed by atoms with van der Waals surface area (Å²) in [5.41, 5.74) is 10.5. The molecule has 0 saturated heterocycles. The molecule has 0 spiro atoms. The Kier molecular flexibility index (Phi) is 6.72. The minimum Gasteiger partial charge on any atom is -0.456 e. The molecule has 2 heterocycles. The van der Waals surface area contributed by atoms with Crippen molar-refractivity contribution in [3.8, 4) is 11.1 Å². The van der Waals surface area contributed by atoms with E-state index in [4.69, 9.17) is 15.4 Å². The lowest BCUT2D eigenvalue weighted by Crippen LogP contribution is -2.17. The van der Waals surface area contributed by atoms with Crippen molar-refractivity contribution in [2.75, 3.05) is 0 Å². The van der Waals surface area contributed by atoms with E-state index in [9.17, 15) is 0 Å². The molecule has 0 fully saturated rings. The lowest BCUT2D eigenvalue weighted by Gasteiger charge is -2.28. The first-order valence-electron chi connectivity index (χ1n) is 18.6. The summed E-state index contributed by atoms with van der Waals surface area (Å²) in [6.45, 7) is 9.00. The predicted octanol–water partition coefficient (Wildman–Crippen LogP) is 14.6. The highest BCUT2D eigenvalue weighted by Gasteiger charge is 2.26. The Morgan fingerprint density at radius 3 is 2.09 bits per heavy atom. The van der Waals surface area contributed by atoms with Crippen LogP contribution in [0.4, 0.5) is 0 Å². The second-order valence-corrected chi connectivity index (χ2v) is 14.5. The molecule has 2 atom stereocenters. The molecule has 9 aromatic rings. The monoisotopic (exact) mass is 690 g/mol. The summed E-state index contributed by atoms with van der Waals surface area (Å²) in [5, 5.41) is 11.3. The Labute approximate surface area is 312 Å². The highest BCUT2D eigenvalue weighted by molar-refractivity contribution is 6.28. The van der Waals surface area contributed by atoms with Gasteiger partial charge in [0.1, 0.15) is 22.3 Å². The van der Waals surface area contributed by atoms with Crippen LogP contribution in [0.15, 0.2) is 203 Å². The van der Waals surface area contributed by atoms with Crippen molar-refractivity contribution in [3.63, 3.8) is 0 Å². The number of para-hydroxylation sites is 1. The summed E-state index contributed by atoms with van der Waals surface area (Å²) in [4.78, 5) is 0. The van der Waals surface area contributed by atoms with Gasteiger partial charge < -0.3 is 8.83 Å². The number of allylic oxidation sites excluding steroid dienone is 12. The molecule has 2 aliphatic rings. The molecule has 2 heteroatoms. The van der Waals surface area contributed by atoms with Crippen molar-refractivity contribution in [1.29, 1.82) is 0 Å². The zero-order valence-electron chi connectivity index (χ0n) is 29.6. The topological polar surface area (TPSA) is 26.3 Å². The molecule has 0 radical (unpaired) electrons. The third-order valence-electron chi connectivity index (χ3n) is 11.6. The summed E-state index contributed by atoms with van der Waals surface area (Å²) in [7, 11) is 0. The van der Waals surface area contributed by atoms with Crippen molar-refractivity contribution in [1.82, 2.24) is 0 Å². The first-order valence-corrected chi connectivity index (χ1v) is 18.6. The van der Waals surface area contributed by atoms with Crippen LogP contribution in [0.2, 0.25) is 0 Å². The number of hydrogen-bond donors (Lipinski definition) is 0. The quantitative estimate of drug-likeness (QED) is 0.133. The van der Waals surface area contributed by atoms with Gasteiger partial charge in [0, 0.05) is 38.8 Å². The maximum atomic E-state index is 6.76. The second kappa shape index (κ2) is 11.8. The molecule has 2 aliphatic carbocycles. The van der Waals surface area contributed by atoms with E-state index in [0.717, 1.165) is 76.9 Å². The van der Waals surface area contributed by atoms with Gasteiger partial charge in [0.25, 0.3) is 0 Å². The van der Waals surface area contributed by atoms with E-state index >= 15 is 0 Å². The van der Waals surface area contributed by atoms with E-state index in [1.165, 1.54) is 32.7 Å². The van der Waals surface area contributed by atoms with E-state index < -0.39 is 0 Å². The SMILES string of the molecule is C=C/C(=C\C(=C)c1c2ccccc2c(-c2ccc3oc4c(ccc5ccc6oc7ccccc7c6c54)c3c2)c2ccccc12)C1C=CC=C2C=CC=CC21. The number of hydrogen-bond acceptors (Lipinski definition) is 2.